The SMILES string of the molecule is CCCc1ccc(-c2nc(NC(=O)CNCCOC)sc2C)cc1. The molecule has 2 N–H and O–H groups in total. The Hall–Kier alpha value is -1.76. The van der Waals surface area contributed by atoms with Crippen LogP contribution in [0.25, 0.3) is 11.3 Å². The minimum absolute atomic E-state index is 0.0929. The van der Waals surface area contributed by atoms with E-state index in [1.807, 2.05) is 6.92 Å². The standard InChI is InChI=1S/C18H25N3O2S/c1-4-5-14-6-8-15(9-7-14)17-13(2)24-18(21-17)20-16(22)12-19-10-11-23-3/h6-9,19H,4-5,10-12H2,1-3H3,(H,20,21,22). The molecule has 2 aromatic rings. The maximum Gasteiger partial charge on any atom is 0.240 e. The van der Waals surface area contributed by atoms with Crippen LogP contribution in [0.4, 0.5) is 5.13 Å². The average molecular weight is 347 g/mol. The number of carbonyl (C=O) groups excluding carboxylic acids is 1. The monoisotopic (exact) mass is 347 g/mol. The fourth-order valence-electron chi connectivity index (χ4n) is 2.38. The fourth-order valence-corrected chi connectivity index (χ4v) is 3.23. The Balaban J connectivity index is 1.97. The normalized spacial score (nSPS) is 10.8. The van der Waals surface area contributed by atoms with Gasteiger partial charge in [-0.15, -0.1) is 11.3 Å². The number of carbonyl (C=O) groups is 1. The highest BCUT2D eigenvalue weighted by Crippen LogP contribution is 2.30. The third-order valence-electron chi connectivity index (χ3n) is 3.58. The van der Waals surface area contributed by atoms with E-state index in [1.54, 1.807) is 7.11 Å². The third-order valence-corrected chi connectivity index (χ3v) is 4.46. The zero-order valence-corrected chi connectivity index (χ0v) is 15.3. The molecule has 5 nitrogen and oxygen atoms in total. The lowest BCUT2D eigenvalue weighted by atomic mass is 10.1. The second-order valence-corrected chi connectivity index (χ2v) is 6.79. The van der Waals surface area contributed by atoms with Crippen molar-refractivity contribution in [3.63, 3.8) is 0 Å². The van der Waals surface area contributed by atoms with Gasteiger partial charge in [-0.25, -0.2) is 4.98 Å². The number of amides is 1. The van der Waals surface area contributed by atoms with E-state index >= 15 is 0 Å². The summed E-state index contributed by atoms with van der Waals surface area (Å²) in [7, 11) is 1.64. The number of benzene rings is 1. The maximum absolute atomic E-state index is 11.9. The van der Waals surface area contributed by atoms with Gasteiger partial charge in [-0.2, -0.15) is 0 Å². The van der Waals surface area contributed by atoms with Crippen molar-refractivity contribution in [2.45, 2.75) is 26.7 Å². The lowest BCUT2D eigenvalue weighted by Crippen LogP contribution is -2.30. The van der Waals surface area contributed by atoms with Crippen LogP contribution < -0.4 is 10.6 Å². The Morgan fingerprint density at radius 1 is 1.29 bits per heavy atom. The average Bonchev–Trinajstić information content (AvgIpc) is 2.93. The molecular weight excluding hydrogens is 322 g/mol. The smallest absolute Gasteiger partial charge is 0.240 e. The molecule has 0 bridgehead atoms. The largest absolute Gasteiger partial charge is 0.383 e. The van der Waals surface area contributed by atoms with Crippen molar-refractivity contribution in [1.82, 2.24) is 10.3 Å². The first-order valence-electron chi connectivity index (χ1n) is 8.20. The van der Waals surface area contributed by atoms with Gasteiger partial charge in [-0.05, 0) is 18.9 Å². The van der Waals surface area contributed by atoms with Gasteiger partial charge in [0.05, 0.1) is 18.8 Å². The Bertz CT molecular complexity index is 653. The summed E-state index contributed by atoms with van der Waals surface area (Å²) in [5.74, 6) is -0.0929. The third kappa shape index (κ3) is 5.40. The molecule has 0 fully saturated rings. The van der Waals surface area contributed by atoms with E-state index in [4.69, 9.17) is 4.74 Å². The number of nitrogens with one attached hydrogen (secondary N) is 2. The first-order chi connectivity index (χ1) is 11.6. The topological polar surface area (TPSA) is 63.2 Å². The van der Waals surface area contributed by atoms with Crippen LogP contribution in [-0.4, -0.2) is 37.7 Å². The summed E-state index contributed by atoms with van der Waals surface area (Å²) >= 11 is 1.50. The van der Waals surface area contributed by atoms with Crippen LogP contribution >= 0.6 is 11.3 Å². The van der Waals surface area contributed by atoms with Gasteiger partial charge in [0.15, 0.2) is 5.13 Å². The molecule has 2 rings (SSSR count). The van der Waals surface area contributed by atoms with Crippen LogP contribution in [0, 0.1) is 6.92 Å². The van der Waals surface area contributed by atoms with Crippen molar-refractivity contribution in [3.05, 3.63) is 34.7 Å². The van der Waals surface area contributed by atoms with Crippen molar-refractivity contribution < 1.29 is 9.53 Å². The Morgan fingerprint density at radius 2 is 2.04 bits per heavy atom. The Morgan fingerprint density at radius 3 is 2.71 bits per heavy atom. The van der Waals surface area contributed by atoms with E-state index in [0.717, 1.165) is 29.0 Å². The van der Waals surface area contributed by atoms with Gasteiger partial charge >= 0.3 is 0 Å². The van der Waals surface area contributed by atoms with Crippen LogP contribution in [0.15, 0.2) is 24.3 Å². The first kappa shape index (κ1) is 18.6. The van der Waals surface area contributed by atoms with E-state index in [9.17, 15) is 4.79 Å². The minimum atomic E-state index is -0.0929. The van der Waals surface area contributed by atoms with Gasteiger partial charge in [0.1, 0.15) is 0 Å². The molecule has 0 aliphatic rings. The van der Waals surface area contributed by atoms with Gasteiger partial charge in [-0.1, -0.05) is 37.6 Å². The van der Waals surface area contributed by atoms with E-state index in [2.05, 4.69) is 46.8 Å². The van der Waals surface area contributed by atoms with Crippen LogP contribution in [0.1, 0.15) is 23.8 Å². The second-order valence-electron chi connectivity index (χ2n) is 5.59. The van der Waals surface area contributed by atoms with Gasteiger partial charge in [0, 0.05) is 24.1 Å². The molecule has 0 aliphatic heterocycles. The number of thiazole rings is 1. The van der Waals surface area contributed by atoms with Crippen molar-refractivity contribution in [1.29, 1.82) is 0 Å². The Labute approximate surface area is 147 Å². The quantitative estimate of drug-likeness (QED) is 0.684. The summed E-state index contributed by atoms with van der Waals surface area (Å²) in [4.78, 5) is 17.6. The molecular formula is C18H25N3O2S. The van der Waals surface area contributed by atoms with Crippen molar-refractivity contribution in [2.75, 3.05) is 32.1 Å². The van der Waals surface area contributed by atoms with Crippen molar-refractivity contribution >= 4 is 22.4 Å². The number of ether oxygens (including phenoxy) is 1. The molecule has 0 aliphatic carbocycles. The summed E-state index contributed by atoms with van der Waals surface area (Å²) in [6.07, 6.45) is 2.23. The van der Waals surface area contributed by atoms with Crippen molar-refractivity contribution in [3.8, 4) is 11.3 Å². The number of methoxy groups -OCH3 is 1. The minimum Gasteiger partial charge on any atom is -0.383 e. The van der Waals surface area contributed by atoms with Crippen molar-refractivity contribution in [2.24, 2.45) is 0 Å². The zero-order chi connectivity index (χ0) is 17.4. The van der Waals surface area contributed by atoms with E-state index in [0.29, 0.717) is 18.3 Å². The van der Waals surface area contributed by atoms with Crippen LogP contribution in [-0.2, 0) is 16.0 Å². The molecule has 0 saturated carbocycles. The Kier molecular flexibility index (Phi) is 7.36. The number of rotatable bonds is 9. The number of hydrogen-bond donors (Lipinski definition) is 2. The number of aromatic nitrogens is 1. The molecule has 130 valence electrons. The molecule has 0 saturated heterocycles. The molecule has 1 aromatic carbocycles. The maximum atomic E-state index is 11.9. The summed E-state index contributed by atoms with van der Waals surface area (Å²) < 4.78 is 4.93. The number of aryl methyl sites for hydroxylation is 2. The first-order valence-corrected chi connectivity index (χ1v) is 9.02. The molecule has 0 atom stereocenters. The fraction of sp³-hybridized carbons (Fsp3) is 0.444. The van der Waals surface area contributed by atoms with Gasteiger partial charge in [0.25, 0.3) is 0 Å². The van der Waals surface area contributed by atoms with Gasteiger partial charge in [0.2, 0.25) is 5.91 Å². The summed E-state index contributed by atoms with van der Waals surface area (Å²) in [5, 5.41) is 6.50. The van der Waals surface area contributed by atoms with Crippen LogP contribution in [0.2, 0.25) is 0 Å². The van der Waals surface area contributed by atoms with E-state index < -0.39 is 0 Å². The highest BCUT2D eigenvalue weighted by Gasteiger charge is 2.12. The predicted octanol–water partition coefficient (Wildman–Crippen LogP) is 3.25. The van der Waals surface area contributed by atoms with Crippen LogP contribution in [0.5, 0.6) is 0 Å². The number of hydrogen-bond acceptors (Lipinski definition) is 5. The molecule has 0 spiro atoms. The number of anilines is 1. The zero-order valence-electron chi connectivity index (χ0n) is 14.5. The summed E-state index contributed by atoms with van der Waals surface area (Å²) in [6.45, 7) is 5.69. The lowest BCUT2D eigenvalue weighted by Gasteiger charge is -2.04. The van der Waals surface area contributed by atoms with Gasteiger partial charge in [-0.3, -0.25) is 4.79 Å². The van der Waals surface area contributed by atoms with Gasteiger partial charge < -0.3 is 15.4 Å². The highest BCUT2D eigenvalue weighted by molar-refractivity contribution is 7.16. The summed E-state index contributed by atoms with van der Waals surface area (Å²) in [5.41, 5.74) is 3.36. The molecule has 1 amide bonds. The van der Waals surface area contributed by atoms with E-state index in [-0.39, 0.29) is 12.5 Å². The highest BCUT2D eigenvalue weighted by atomic mass is 32.1. The van der Waals surface area contributed by atoms with Crippen LogP contribution in [0.3, 0.4) is 0 Å². The molecule has 6 heteroatoms. The molecule has 24 heavy (non-hydrogen) atoms. The second kappa shape index (κ2) is 9.52. The summed E-state index contributed by atoms with van der Waals surface area (Å²) in [6, 6.07) is 8.50. The molecule has 0 radical (unpaired) electrons. The predicted molar refractivity (Wildman–Crippen MR) is 99.7 cm³/mol. The lowest BCUT2D eigenvalue weighted by molar-refractivity contribution is -0.115. The number of nitrogens with zero attached hydrogens (tertiary/aromatic N) is 1. The molecule has 1 aromatic heterocycles. The molecule has 1 heterocycles. The molecule has 0 unspecified atom stereocenters. The van der Waals surface area contributed by atoms with E-state index in [1.165, 1.54) is 16.9 Å².